The number of nitrogens with zero attached hydrogens (tertiary/aromatic N) is 3. The summed E-state index contributed by atoms with van der Waals surface area (Å²) in [7, 11) is 1.37. The van der Waals surface area contributed by atoms with Gasteiger partial charge in [-0.15, -0.1) is 21.5 Å². The molecule has 1 aromatic carbocycles. The van der Waals surface area contributed by atoms with E-state index < -0.39 is 5.97 Å². The number of carbonyl (C=O) groups is 2. The van der Waals surface area contributed by atoms with Gasteiger partial charge < -0.3 is 10.1 Å². The molecule has 2 aromatic heterocycles. The van der Waals surface area contributed by atoms with Crippen molar-refractivity contribution in [2.24, 2.45) is 0 Å². The number of thioether (sulfide) groups is 1. The van der Waals surface area contributed by atoms with Gasteiger partial charge in [0.15, 0.2) is 5.16 Å². The van der Waals surface area contributed by atoms with Gasteiger partial charge in [0, 0.05) is 4.88 Å². The van der Waals surface area contributed by atoms with E-state index in [0.717, 1.165) is 42.5 Å². The minimum atomic E-state index is -0.392. The number of methoxy groups -OCH3 is 1. The maximum Gasteiger partial charge on any atom is 0.341 e. The molecule has 0 fully saturated rings. The molecule has 30 heavy (non-hydrogen) atoms. The van der Waals surface area contributed by atoms with E-state index in [1.54, 1.807) is 6.33 Å². The fraction of sp³-hybridized carbons (Fsp3) is 0.333. The van der Waals surface area contributed by atoms with Crippen LogP contribution in [0.25, 0.3) is 5.69 Å². The van der Waals surface area contributed by atoms with Crippen molar-refractivity contribution in [3.05, 3.63) is 52.2 Å². The minimum Gasteiger partial charge on any atom is -0.465 e. The Hall–Kier alpha value is -2.65. The molecule has 1 amide bonds. The Labute approximate surface area is 182 Å². The van der Waals surface area contributed by atoms with E-state index in [0.29, 0.717) is 15.7 Å². The van der Waals surface area contributed by atoms with Gasteiger partial charge in [0.05, 0.1) is 24.1 Å². The number of hydrogen-bond donors (Lipinski definition) is 1. The molecule has 2 heterocycles. The first kappa shape index (κ1) is 20.6. The quantitative estimate of drug-likeness (QED) is 0.458. The number of aryl methyl sites for hydroxylation is 2. The second-order valence-corrected chi connectivity index (χ2v) is 9.06. The molecule has 0 radical (unpaired) electrons. The van der Waals surface area contributed by atoms with Crippen molar-refractivity contribution in [1.82, 2.24) is 14.8 Å². The molecule has 3 aromatic rings. The third-order valence-corrected chi connectivity index (χ3v) is 7.19. The number of anilines is 1. The third-order valence-electron chi connectivity index (χ3n) is 5.04. The standard InChI is InChI=1S/C21H22N4O3S2/c1-13-7-3-5-9-15(13)25-12-22-24-21(25)29-11-17(26)23-19-18(20(27)28-2)14-8-4-6-10-16(14)30-19/h3,5,7,9,12H,4,6,8,10-11H2,1-2H3,(H,23,26). The van der Waals surface area contributed by atoms with Crippen molar-refractivity contribution in [2.75, 3.05) is 18.2 Å². The number of fused-ring (bicyclic) bond motifs is 1. The zero-order valence-electron chi connectivity index (χ0n) is 16.8. The van der Waals surface area contributed by atoms with E-state index in [1.807, 2.05) is 35.8 Å². The fourth-order valence-corrected chi connectivity index (χ4v) is 5.60. The van der Waals surface area contributed by atoms with Gasteiger partial charge in [0.2, 0.25) is 5.91 Å². The van der Waals surface area contributed by atoms with Crippen LogP contribution in [-0.4, -0.2) is 39.5 Å². The summed E-state index contributed by atoms with van der Waals surface area (Å²) >= 11 is 2.79. The van der Waals surface area contributed by atoms with Gasteiger partial charge in [-0.1, -0.05) is 30.0 Å². The summed E-state index contributed by atoms with van der Waals surface area (Å²) in [5, 5.41) is 12.3. The molecular weight excluding hydrogens is 420 g/mol. The molecule has 7 nitrogen and oxygen atoms in total. The van der Waals surface area contributed by atoms with Crippen LogP contribution < -0.4 is 5.32 Å². The van der Waals surface area contributed by atoms with Crippen LogP contribution in [0.3, 0.4) is 0 Å². The number of thiophene rings is 1. The first-order valence-corrected chi connectivity index (χ1v) is 11.5. The van der Waals surface area contributed by atoms with Crippen molar-refractivity contribution in [2.45, 2.75) is 37.8 Å². The zero-order chi connectivity index (χ0) is 21.1. The largest absolute Gasteiger partial charge is 0.465 e. The van der Waals surface area contributed by atoms with Gasteiger partial charge in [-0.25, -0.2) is 4.79 Å². The molecule has 0 saturated carbocycles. The Kier molecular flexibility index (Phi) is 6.19. The molecule has 0 spiro atoms. The molecule has 0 atom stereocenters. The number of esters is 1. The molecule has 9 heteroatoms. The van der Waals surface area contributed by atoms with E-state index in [-0.39, 0.29) is 11.7 Å². The number of ether oxygens (including phenoxy) is 1. The van der Waals surface area contributed by atoms with Crippen molar-refractivity contribution in [3.63, 3.8) is 0 Å². The predicted octanol–water partition coefficient (Wildman–Crippen LogP) is 4.03. The SMILES string of the molecule is COC(=O)c1c(NC(=O)CSc2nncn2-c2ccccc2C)sc2c1CCCC2. The molecule has 1 aliphatic carbocycles. The first-order valence-electron chi connectivity index (χ1n) is 9.70. The lowest BCUT2D eigenvalue weighted by molar-refractivity contribution is -0.113. The average molecular weight is 443 g/mol. The van der Waals surface area contributed by atoms with E-state index >= 15 is 0 Å². The summed E-state index contributed by atoms with van der Waals surface area (Å²) in [6.07, 6.45) is 5.58. The van der Waals surface area contributed by atoms with Crippen LogP contribution in [0.1, 0.15) is 39.2 Å². The Morgan fingerprint density at radius 2 is 2.07 bits per heavy atom. The summed E-state index contributed by atoms with van der Waals surface area (Å²) in [5.74, 6) is -0.423. The molecule has 156 valence electrons. The highest BCUT2D eigenvalue weighted by atomic mass is 32.2. The Bertz CT molecular complexity index is 1090. The number of rotatable bonds is 6. The van der Waals surface area contributed by atoms with Gasteiger partial charge in [-0.2, -0.15) is 0 Å². The summed E-state index contributed by atoms with van der Waals surface area (Å²) in [5.41, 5.74) is 3.61. The molecule has 0 bridgehead atoms. The van der Waals surface area contributed by atoms with Crippen LogP contribution in [-0.2, 0) is 22.4 Å². The van der Waals surface area contributed by atoms with E-state index in [2.05, 4.69) is 15.5 Å². The first-order chi connectivity index (χ1) is 14.6. The van der Waals surface area contributed by atoms with Crippen LogP contribution in [0.15, 0.2) is 35.7 Å². The maximum atomic E-state index is 12.7. The van der Waals surface area contributed by atoms with Gasteiger partial charge in [-0.05, 0) is 49.8 Å². The average Bonchev–Trinajstić information content (AvgIpc) is 3.36. The van der Waals surface area contributed by atoms with Gasteiger partial charge in [0.25, 0.3) is 0 Å². The molecule has 1 aliphatic rings. The lowest BCUT2D eigenvalue weighted by atomic mass is 9.95. The van der Waals surface area contributed by atoms with Crippen LogP contribution >= 0.6 is 23.1 Å². The number of para-hydroxylation sites is 1. The van der Waals surface area contributed by atoms with Crippen molar-refractivity contribution in [1.29, 1.82) is 0 Å². The highest BCUT2D eigenvalue weighted by molar-refractivity contribution is 7.99. The van der Waals surface area contributed by atoms with E-state index in [9.17, 15) is 9.59 Å². The minimum absolute atomic E-state index is 0.160. The highest BCUT2D eigenvalue weighted by Crippen LogP contribution is 2.38. The number of benzene rings is 1. The number of hydrogen-bond acceptors (Lipinski definition) is 7. The highest BCUT2D eigenvalue weighted by Gasteiger charge is 2.27. The smallest absolute Gasteiger partial charge is 0.341 e. The van der Waals surface area contributed by atoms with Gasteiger partial charge in [-0.3, -0.25) is 9.36 Å². The zero-order valence-corrected chi connectivity index (χ0v) is 18.4. The van der Waals surface area contributed by atoms with Crippen LogP contribution in [0.4, 0.5) is 5.00 Å². The Morgan fingerprint density at radius 1 is 1.27 bits per heavy atom. The number of nitrogens with one attached hydrogen (secondary N) is 1. The van der Waals surface area contributed by atoms with Gasteiger partial charge >= 0.3 is 5.97 Å². The topological polar surface area (TPSA) is 86.1 Å². The second kappa shape index (κ2) is 9.01. The second-order valence-electron chi connectivity index (χ2n) is 7.01. The molecule has 0 aliphatic heterocycles. The van der Waals surface area contributed by atoms with E-state index in [1.165, 1.54) is 35.1 Å². The van der Waals surface area contributed by atoms with E-state index in [4.69, 9.17) is 4.74 Å². The number of aromatic nitrogens is 3. The summed E-state index contributed by atoms with van der Waals surface area (Å²) in [6.45, 7) is 2.02. The maximum absolute atomic E-state index is 12.7. The number of amides is 1. The molecule has 1 N–H and O–H groups in total. The molecule has 0 unspecified atom stereocenters. The lowest BCUT2D eigenvalue weighted by Gasteiger charge is -2.11. The molecular formula is C21H22N4O3S2. The lowest BCUT2D eigenvalue weighted by Crippen LogP contribution is -2.17. The third kappa shape index (κ3) is 4.13. The summed E-state index contributed by atoms with van der Waals surface area (Å²) in [4.78, 5) is 26.2. The van der Waals surface area contributed by atoms with Crippen molar-refractivity contribution < 1.29 is 14.3 Å². The Balaban J connectivity index is 1.48. The van der Waals surface area contributed by atoms with Crippen LogP contribution in [0, 0.1) is 6.92 Å². The number of carbonyl (C=O) groups excluding carboxylic acids is 2. The van der Waals surface area contributed by atoms with Crippen molar-refractivity contribution >= 4 is 40.0 Å². The molecule has 0 saturated heterocycles. The Morgan fingerprint density at radius 3 is 2.87 bits per heavy atom. The van der Waals surface area contributed by atoms with Gasteiger partial charge in [0.1, 0.15) is 11.3 Å². The normalized spacial score (nSPS) is 13.0. The van der Waals surface area contributed by atoms with Crippen molar-refractivity contribution in [3.8, 4) is 5.69 Å². The summed E-state index contributed by atoms with van der Waals surface area (Å²) in [6, 6.07) is 7.93. The predicted molar refractivity (Wildman–Crippen MR) is 118 cm³/mol. The summed E-state index contributed by atoms with van der Waals surface area (Å²) < 4.78 is 6.84. The molecule has 4 rings (SSSR count). The fourth-order valence-electron chi connectivity index (χ4n) is 3.59. The van der Waals surface area contributed by atoms with Crippen LogP contribution in [0.2, 0.25) is 0 Å². The monoisotopic (exact) mass is 442 g/mol. The van der Waals surface area contributed by atoms with Crippen LogP contribution in [0.5, 0.6) is 0 Å².